The van der Waals surface area contributed by atoms with E-state index >= 15 is 0 Å². The molecule has 102 valence electrons. The fourth-order valence-corrected chi connectivity index (χ4v) is 2.06. The minimum absolute atomic E-state index is 0.156. The normalized spacial score (nSPS) is 10.1. The van der Waals surface area contributed by atoms with Gasteiger partial charge in [-0.25, -0.2) is 0 Å². The van der Waals surface area contributed by atoms with Crippen molar-refractivity contribution in [3.63, 3.8) is 0 Å². The first-order valence-electron chi connectivity index (χ1n) is 5.65. The minimum atomic E-state index is -0.627. The molecule has 0 atom stereocenters. The molecule has 0 aliphatic heterocycles. The number of halogens is 2. The molecule has 0 aliphatic rings. The Bertz CT molecular complexity index is 687. The molecule has 20 heavy (non-hydrogen) atoms. The molecule has 4 nitrogen and oxygen atoms in total. The molecule has 0 saturated carbocycles. The second-order valence-electron chi connectivity index (χ2n) is 3.97. The van der Waals surface area contributed by atoms with Gasteiger partial charge in [-0.1, -0.05) is 41.4 Å². The number of rotatable bonds is 3. The van der Waals surface area contributed by atoms with E-state index in [1.54, 1.807) is 30.3 Å². The van der Waals surface area contributed by atoms with Gasteiger partial charge in [0.25, 0.3) is 11.8 Å². The summed E-state index contributed by atoms with van der Waals surface area (Å²) in [6.45, 7) is 0. The molecule has 0 unspecified atom stereocenters. The molecule has 2 aromatic carbocycles. The summed E-state index contributed by atoms with van der Waals surface area (Å²) < 4.78 is 0. The SMILES string of the molecule is NC(=O)c1ccccc1NC(=O)c1cccc(Cl)c1Cl. The quantitative estimate of drug-likeness (QED) is 0.912. The van der Waals surface area contributed by atoms with Gasteiger partial charge in [0.1, 0.15) is 0 Å². The number of carbonyl (C=O) groups is 2. The van der Waals surface area contributed by atoms with Crippen LogP contribution in [0, 0.1) is 0 Å². The van der Waals surface area contributed by atoms with E-state index in [0.29, 0.717) is 5.69 Å². The molecule has 0 saturated heterocycles. The van der Waals surface area contributed by atoms with Gasteiger partial charge in [-0.15, -0.1) is 0 Å². The fraction of sp³-hybridized carbons (Fsp3) is 0. The zero-order chi connectivity index (χ0) is 14.7. The lowest BCUT2D eigenvalue weighted by Crippen LogP contribution is -2.18. The van der Waals surface area contributed by atoms with E-state index in [1.807, 2.05) is 0 Å². The third-order valence-electron chi connectivity index (χ3n) is 2.64. The second kappa shape index (κ2) is 5.94. The maximum Gasteiger partial charge on any atom is 0.257 e. The van der Waals surface area contributed by atoms with Gasteiger partial charge in [0, 0.05) is 0 Å². The molecule has 0 bridgehead atoms. The largest absolute Gasteiger partial charge is 0.366 e. The Morgan fingerprint density at radius 3 is 2.30 bits per heavy atom. The summed E-state index contributed by atoms with van der Waals surface area (Å²) in [7, 11) is 0. The monoisotopic (exact) mass is 308 g/mol. The Hall–Kier alpha value is -2.04. The van der Waals surface area contributed by atoms with Gasteiger partial charge in [-0.3, -0.25) is 9.59 Å². The topological polar surface area (TPSA) is 72.2 Å². The number of nitrogens with two attached hydrogens (primary N) is 1. The van der Waals surface area contributed by atoms with Crippen molar-refractivity contribution in [1.29, 1.82) is 0 Å². The predicted molar refractivity (Wildman–Crippen MR) is 79.4 cm³/mol. The van der Waals surface area contributed by atoms with Crippen molar-refractivity contribution in [2.24, 2.45) is 5.73 Å². The number of para-hydroxylation sites is 1. The first-order chi connectivity index (χ1) is 9.50. The van der Waals surface area contributed by atoms with Crippen LogP contribution < -0.4 is 11.1 Å². The van der Waals surface area contributed by atoms with Gasteiger partial charge >= 0.3 is 0 Å². The maximum atomic E-state index is 12.2. The Morgan fingerprint density at radius 1 is 0.950 bits per heavy atom. The van der Waals surface area contributed by atoms with Crippen molar-refractivity contribution < 1.29 is 9.59 Å². The van der Waals surface area contributed by atoms with Crippen molar-refractivity contribution in [2.75, 3.05) is 5.32 Å². The number of amides is 2. The Kier molecular flexibility index (Phi) is 4.27. The molecule has 0 aliphatic carbocycles. The summed E-state index contributed by atoms with van der Waals surface area (Å²) in [4.78, 5) is 23.4. The fourth-order valence-electron chi connectivity index (χ4n) is 1.68. The molecule has 2 amide bonds. The van der Waals surface area contributed by atoms with Gasteiger partial charge < -0.3 is 11.1 Å². The number of hydrogen-bond acceptors (Lipinski definition) is 2. The Morgan fingerprint density at radius 2 is 1.60 bits per heavy atom. The standard InChI is InChI=1S/C14H10Cl2N2O2/c15-10-6-3-5-9(12(10)16)14(20)18-11-7-2-1-4-8(11)13(17)19/h1-7H,(H2,17,19)(H,18,20). The highest BCUT2D eigenvalue weighted by molar-refractivity contribution is 6.44. The van der Waals surface area contributed by atoms with E-state index in [4.69, 9.17) is 28.9 Å². The van der Waals surface area contributed by atoms with Gasteiger partial charge in [0.15, 0.2) is 0 Å². The van der Waals surface area contributed by atoms with Gasteiger partial charge in [-0.05, 0) is 24.3 Å². The first kappa shape index (κ1) is 14.4. The lowest BCUT2D eigenvalue weighted by atomic mass is 10.1. The van der Waals surface area contributed by atoms with Crippen LogP contribution in [0.3, 0.4) is 0 Å². The van der Waals surface area contributed by atoms with E-state index in [0.717, 1.165) is 0 Å². The van der Waals surface area contributed by atoms with Gasteiger partial charge in [0.2, 0.25) is 0 Å². The van der Waals surface area contributed by atoms with Crippen LogP contribution >= 0.6 is 23.2 Å². The molecular formula is C14H10Cl2N2O2. The number of anilines is 1. The molecule has 0 radical (unpaired) electrons. The molecule has 0 aromatic heterocycles. The minimum Gasteiger partial charge on any atom is -0.366 e. The smallest absolute Gasteiger partial charge is 0.257 e. The van der Waals surface area contributed by atoms with Crippen molar-refractivity contribution in [3.8, 4) is 0 Å². The highest BCUT2D eigenvalue weighted by Gasteiger charge is 2.15. The summed E-state index contributed by atoms with van der Waals surface area (Å²) in [5.41, 5.74) is 6.01. The summed E-state index contributed by atoms with van der Waals surface area (Å²) in [6.07, 6.45) is 0. The van der Waals surface area contributed by atoms with E-state index in [2.05, 4.69) is 5.32 Å². The van der Waals surface area contributed by atoms with Crippen molar-refractivity contribution >= 4 is 40.7 Å². The number of primary amides is 1. The lowest BCUT2D eigenvalue weighted by molar-refractivity contribution is 0.100. The van der Waals surface area contributed by atoms with Crippen LogP contribution in [-0.4, -0.2) is 11.8 Å². The van der Waals surface area contributed by atoms with Crippen LogP contribution in [0.1, 0.15) is 20.7 Å². The average molecular weight is 309 g/mol. The summed E-state index contributed by atoms with van der Waals surface area (Å²) >= 11 is 11.8. The van der Waals surface area contributed by atoms with E-state index in [9.17, 15) is 9.59 Å². The van der Waals surface area contributed by atoms with Gasteiger partial charge in [-0.2, -0.15) is 0 Å². The molecule has 0 spiro atoms. The van der Waals surface area contributed by atoms with Crippen LogP contribution in [0.4, 0.5) is 5.69 Å². The third kappa shape index (κ3) is 2.92. The van der Waals surface area contributed by atoms with Crippen LogP contribution in [0.2, 0.25) is 10.0 Å². The number of benzene rings is 2. The first-order valence-corrected chi connectivity index (χ1v) is 6.40. The molecular weight excluding hydrogens is 299 g/mol. The van der Waals surface area contributed by atoms with Crippen molar-refractivity contribution in [1.82, 2.24) is 0 Å². The number of hydrogen-bond donors (Lipinski definition) is 2. The molecule has 6 heteroatoms. The van der Waals surface area contributed by atoms with Gasteiger partial charge in [0.05, 0.1) is 26.9 Å². The summed E-state index contributed by atoms with van der Waals surface area (Å²) in [6, 6.07) is 11.2. The Balaban J connectivity index is 2.33. The summed E-state index contributed by atoms with van der Waals surface area (Å²) in [5, 5.41) is 3.03. The van der Waals surface area contributed by atoms with Crippen LogP contribution in [0.15, 0.2) is 42.5 Å². The highest BCUT2D eigenvalue weighted by atomic mass is 35.5. The molecule has 0 heterocycles. The predicted octanol–water partition coefficient (Wildman–Crippen LogP) is 3.34. The summed E-state index contributed by atoms with van der Waals surface area (Å²) in [5.74, 6) is -1.09. The highest BCUT2D eigenvalue weighted by Crippen LogP contribution is 2.26. The average Bonchev–Trinajstić information content (AvgIpc) is 2.42. The number of carbonyl (C=O) groups excluding carboxylic acids is 2. The van der Waals surface area contributed by atoms with Crippen LogP contribution in [0.25, 0.3) is 0 Å². The van der Waals surface area contributed by atoms with E-state index < -0.39 is 11.8 Å². The maximum absolute atomic E-state index is 12.2. The molecule has 2 rings (SSSR count). The van der Waals surface area contributed by atoms with Crippen molar-refractivity contribution in [2.45, 2.75) is 0 Å². The van der Waals surface area contributed by atoms with E-state index in [-0.39, 0.29) is 21.2 Å². The van der Waals surface area contributed by atoms with Crippen molar-refractivity contribution in [3.05, 3.63) is 63.6 Å². The third-order valence-corrected chi connectivity index (χ3v) is 3.46. The molecule has 0 fully saturated rings. The Labute approximate surface area is 125 Å². The second-order valence-corrected chi connectivity index (χ2v) is 4.75. The lowest BCUT2D eigenvalue weighted by Gasteiger charge is -2.10. The zero-order valence-electron chi connectivity index (χ0n) is 10.2. The molecule has 2 aromatic rings. The molecule has 3 N–H and O–H groups in total. The number of nitrogens with one attached hydrogen (secondary N) is 1. The van der Waals surface area contributed by atoms with Crippen LogP contribution in [-0.2, 0) is 0 Å². The van der Waals surface area contributed by atoms with Crippen LogP contribution in [0.5, 0.6) is 0 Å². The zero-order valence-corrected chi connectivity index (χ0v) is 11.7. The van der Waals surface area contributed by atoms with E-state index in [1.165, 1.54) is 12.1 Å².